The highest BCUT2D eigenvalue weighted by Crippen LogP contribution is 2.43. The van der Waals surface area contributed by atoms with Gasteiger partial charge in [0.15, 0.2) is 0 Å². The summed E-state index contributed by atoms with van der Waals surface area (Å²) in [5.74, 6) is 0.887. The molecule has 116 valence electrons. The van der Waals surface area contributed by atoms with Crippen molar-refractivity contribution in [2.24, 2.45) is 5.92 Å². The van der Waals surface area contributed by atoms with Crippen LogP contribution in [0.25, 0.3) is 0 Å². The maximum absolute atomic E-state index is 3.89. The number of hydrogen-bond donors (Lipinski definition) is 1. The molecule has 0 bridgehead atoms. The van der Waals surface area contributed by atoms with E-state index >= 15 is 0 Å². The fourth-order valence-corrected chi connectivity index (χ4v) is 3.73. The van der Waals surface area contributed by atoms with Crippen molar-refractivity contribution in [1.82, 2.24) is 10.2 Å². The minimum atomic E-state index is 0.274. The average molecular weight is 286 g/mol. The summed E-state index contributed by atoms with van der Waals surface area (Å²) in [6.45, 7) is 12.8. The molecule has 2 aliphatic rings. The molecule has 1 aliphatic heterocycles. The summed E-state index contributed by atoms with van der Waals surface area (Å²) in [4.78, 5) is 2.74. The van der Waals surface area contributed by atoms with E-state index in [4.69, 9.17) is 0 Å². The first-order valence-electron chi connectivity index (χ1n) is 8.51. The molecule has 1 aromatic carbocycles. The maximum atomic E-state index is 3.89. The van der Waals surface area contributed by atoms with E-state index in [1.54, 1.807) is 0 Å². The third-order valence-electron chi connectivity index (χ3n) is 6.02. The third-order valence-corrected chi connectivity index (χ3v) is 6.02. The van der Waals surface area contributed by atoms with E-state index in [9.17, 15) is 0 Å². The molecule has 1 aromatic rings. The zero-order valence-corrected chi connectivity index (χ0v) is 14.1. The van der Waals surface area contributed by atoms with E-state index in [2.05, 4.69) is 62.2 Å². The number of piperazine rings is 1. The Labute approximate surface area is 129 Å². The average Bonchev–Trinajstić information content (AvgIpc) is 3.31. The minimum Gasteiger partial charge on any atom is -0.308 e. The van der Waals surface area contributed by atoms with Crippen LogP contribution in [0.5, 0.6) is 0 Å². The van der Waals surface area contributed by atoms with Crippen LogP contribution in [0.4, 0.5) is 0 Å². The summed E-state index contributed by atoms with van der Waals surface area (Å²) < 4.78 is 0. The second-order valence-electron chi connectivity index (χ2n) is 7.68. The van der Waals surface area contributed by atoms with Crippen LogP contribution < -0.4 is 5.32 Å². The lowest BCUT2D eigenvalue weighted by molar-refractivity contribution is 0.00413. The molecule has 0 aromatic heterocycles. The first-order valence-corrected chi connectivity index (χ1v) is 8.51. The van der Waals surface area contributed by atoms with Crippen LogP contribution in [0.3, 0.4) is 0 Å². The Morgan fingerprint density at radius 3 is 2.57 bits per heavy atom. The van der Waals surface area contributed by atoms with Crippen molar-refractivity contribution < 1.29 is 0 Å². The number of hydrogen-bond acceptors (Lipinski definition) is 2. The molecule has 1 heterocycles. The van der Waals surface area contributed by atoms with Gasteiger partial charge in [-0.05, 0) is 57.1 Å². The highest BCUT2D eigenvalue weighted by atomic mass is 15.3. The van der Waals surface area contributed by atoms with Gasteiger partial charge < -0.3 is 5.32 Å². The van der Waals surface area contributed by atoms with Crippen molar-refractivity contribution in [2.75, 3.05) is 13.1 Å². The van der Waals surface area contributed by atoms with Gasteiger partial charge in [-0.15, -0.1) is 0 Å². The molecule has 1 saturated carbocycles. The smallest absolute Gasteiger partial charge is 0.0309 e. The van der Waals surface area contributed by atoms with E-state index in [-0.39, 0.29) is 5.54 Å². The van der Waals surface area contributed by atoms with Gasteiger partial charge in [0.25, 0.3) is 0 Å². The summed E-state index contributed by atoms with van der Waals surface area (Å²) in [7, 11) is 0. The van der Waals surface area contributed by atoms with Gasteiger partial charge in [-0.25, -0.2) is 0 Å². The summed E-state index contributed by atoms with van der Waals surface area (Å²) in [5, 5.41) is 3.89. The van der Waals surface area contributed by atoms with Gasteiger partial charge in [0.05, 0.1) is 0 Å². The quantitative estimate of drug-likeness (QED) is 0.907. The molecule has 1 N–H and O–H groups in total. The van der Waals surface area contributed by atoms with E-state index in [1.165, 1.54) is 36.9 Å². The van der Waals surface area contributed by atoms with Crippen LogP contribution in [-0.2, 0) is 6.54 Å². The lowest BCUT2D eigenvalue weighted by Gasteiger charge is -2.52. The Bertz CT molecular complexity index is 508. The molecule has 2 atom stereocenters. The Kier molecular flexibility index (Phi) is 3.87. The van der Waals surface area contributed by atoms with Crippen molar-refractivity contribution in [2.45, 2.75) is 64.6 Å². The Morgan fingerprint density at radius 1 is 1.24 bits per heavy atom. The number of nitrogens with one attached hydrogen (secondary N) is 1. The Hall–Kier alpha value is -0.860. The van der Waals surface area contributed by atoms with E-state index < -0.39 is 0 Å². The minimum absolute atomic E-state index is 0.274. The molecule has 2 heteroatoms. The second-order valence-corrected chi connectivity index (χ2v) is 7.68. The molecular formula is C19H30N2. The predicted octanol–water partition coefficient (Wildman–Crippen LogP) is 3.74. The molecule has 0 spiro atoms. The Morgan fingerprint density at radius 2 is 1.95 bits per heavy atom. The molecule has 0 amide bonds. The topological polar surface area (TPSA) is 15.3 Å². The molecule has 2 nitrogen and oxygen atoms in total. The summed E-state index contributed by atoms with van der Waals surface area (Å²) >= 11 is 0. The number of nitrogens with zero attached hydrogens (tertiary/aromatic N) is 1. The van der Waals surface area contributed by atoms with Crippen molar-refractivity contribution in [3.8, 4) is 0 Å². The molecule has 1 aliphatic carbocycles. The molecule has 2 unspecified atom stereocenters. The molecule has 21 heavy (non-hydrogen) atoms. The van der Waals surface area contributed by atoms with Crippen molar-refractivity contribution in [1.29, 1.82) is 0 Å². The number of benzene rings is 1. The monoisotopic (exact) mass is 286 g/mol. The van der Waals surface area contributed by atoms with Crippen LogP contribution >= 0.6 is 0 Å². The van der Waals surface area contributed by atoms with E-state index in [0.29, 0.717) is 5.54 Å². The SMILES string of the molecule is CCC1(C)CNC(C)(C2CC2)CN1Cc1ccccc1C. The largest absolute Gasteiger partial charge is 0.308 e. The standard InChI is InChI=1S/C19H30N2/c1-5-18(3)13-20-19(4,17-10-11-17)14-21(18)12-16-9-7-6-8-15(16)2/h6-9,17,20H,5,10-14H2,1-4H3. The van der Waals surface area contributed by atoms with Gasteiger partial charge >= 0.3 is 0 Å². The van der Waals surface area contributed by atoms with Crippen molar-refractivity contribution in [3.05, 3.63) is 35.4 Å². The highest BCUT2D eigenvalue weighted by molar-refractivity contribution is 5.26. The first-order chi connectivity index (χ1) is 9.97. The third kappa shape index (κ3) is 2.89. The lowest BCUT2D eigenvalue weighted by Crippen LogP contribution is -2.68. The molecular weight excluding hydrogens is 256 g/mol. The van der Waals surface area contributed by atoms with Gasteiger partial charge in [0.2, 0.25) is 0 Å². The second kappa shape index (κ2) is 5.40. The van der Waals surface area contributed by atoms with Crippen molar-refractivity contribution >= 4 is 0 Å². The van der Waals surface area contributed by atoms with E-state index in [0.717, 1.165) is 19.0 Å². The fourth-order valence-electron chi connectivity index (χ4n) is 3.73. The lowest BCUT2D eigenvalue weighted by atomic mass is 9.84. The van der Waals surface area contributed by atoms with Crippen LogP contribution in [0, 0.1) is 12.8 Å². The van der Waals surface area contributed by atoms with Gasteiger partial charge in [0.1, 0.15) is 0 Å². The molecule has 3 rings (SSSR count). The van der Waals surface area contributed by atoms with Crippen LogP contribution in [0.1, 0.15) is 51.2 Å². The van der Waals surface area contributed by atoms with Gasteiger partial charge in [-0.2, -0.15) is 0 Å². The first kappa shape index (κ1) is 15.1. The number of aryl methyl sites for hydroxylation is 1. The Balaban J connectivity index is 1.82. The predicted molar refractivity (Wildman–Crippen MR) is 89.4 cm³/mol. The zero-order chi connectivity index (χ0) is 15.1. The highest BCUT2D eigenvalue weighted by Gasteiger charge is 2.48. The van der Waals surface area contributed by atoms with Gasteiger partial charge in [-0.1, -0.05) is 31.2 Å². The molecule has 0 radical (unpaired) electrons. The molecule has 2 fully saturated rings. The summed E-state index contributed by atoms with van der Waals surface area (Å²) in [6.07, 6.45) is 4.02. The molecule has 1 saturated heterocycles. The maximum Gasteiger partial charge on any atom is 0.0309 e. The van der Waals surface area contributed by atoms with Crippen LogP contribution in [0.2, 0.25) is 0 Å². The number of rotatable bonds is 4. The zero-order valence-electron chi connectivity index (χ0n) is 14.1. The van der Waals surface area contributed by atoms with Crippen LogP contribution in [-0.4, -0.2) is 29.1 Å². The summed E-state index contributed by atoms with van der Waals surface area (Å²) in [6, 6.07) is 8.85. The van der Waals surface area contributed by atoms with Gasteiger partial charge in [0, 0.05) is 30.7 Å². The normalized spacial score (nSPS) is 34.1. The van der Waals surface area contributed by atoms with Gasteiger partial charge in [-0.3, -0.25) is 4.90 Å². The summed E-state index contributed by atoms with van der Waals surface area (Å²) in [5.41, 5.74) is 3.49. The van der Waals surface area contributed by atoms with Crippen LogP contribution in [0.15, 0.2) is 24.3 Å². The van der Waals surface area contributed by atoms with E-state index in [1.807, 2.05) is 0 Å². The fraction of sp³-hybridized carbons (Fsp3) is 0.684. The van der Waals surface area contributed by atoms with Crippen molar-refractivity contribution in [3.63, 3.8) is 0 Å².